The molecule has 1 aliphatic carbocycles. The normalized spacial score (nSPS) is 18.5. The average molecular weight is 342 g/mol. The molecule has 3 N–H and O–H groups in total. The molecule has 0 bridgehead atoms. The van der Waals surface area contributed by atoms with E-state index in [0.29, 0.717) is 0 Å². The van der Waals surface area contributed by atoms with Crippen molar-refractivity contribution in [2.45, 2.75) is 18.9 Å². The molecular formula is C22H22N4. The second-order valence-electron chi connectivity index (χ2n) is 6.58. The van der Waals surface area contributed by atoms with Gasteiger partial charge in [-0.25, -0.2) is 0 Å². The van der Waals surface area contributed by atoms with E-state index in [1.165, 1.54) is 11.1 Å². The monoisotopic (exact) mass is 342 g/mol. The SMILES string of the molecule is C=C(Nc1ccncc1)C1=CC=CN(C2CCc3c(N)cccc32)C1=C. The van der Waals surface area contributed by atoms with Gasteiger partial charge in [0.15, 0.2) is 0 Å². The van der Waals surface area contributed by atoms with Crippen LogP contribution in [0.2, 0.25) is 0 Å². The van der Waals surface area contributed by atoms with Gasteiger partial charge in [0.05, 0.1) is 6.04 Å². The number of nitrogen functional groups attached to an aromatic ring is 1. The molecule has 4 heteroatoms. The predicted molar refractivity (Wildman–Crippen MR) is 107 cm³/mol. The van der Waals surface area contributed by atoms with Gasteiger partial charge in [-0.3, -0.25) is 4.98 Å². The highest BCUT2D eigenvalue weighted by atomic mass is 15.2. The van der Waals surface area contributed by atoms with Crippen molar-refractivity contribution in [3.63, 3.8) is 0 Å². The van der Waals surface area contributed by atoms with Crippen molar-refractivity contribution < 1.29 is 0 Å². The largest absolute Gasteiger partial charge is 0.398 e. The number of nitrogens with zero attached hydrogens (tertiary/aromatic N) is 2. The summed E-state index contributed by atoms with van der Waals surface area (Å²) in [7, 11) is 0. The molecule has 1 unspecified atom stereocenters. The minimum Gasteiger partial charge on any atom is -0.398 e. The molecule has 1 aromatic heterocycles. The van der Waals surface area contributed by atoms with Crippen molar-refractivity contribution in [2.24, 2.45) is 0 Å². The Balaban J connectivity index is 1.56. The van der Waals surface area contributed by atoms with Crippen LogP contribution in [0.1, 0.15) is 23.6 Å². The molecule has 2 aromatic rings. The summed E-state index contributed by atoms with van der Waals surface area (Å²) in [6.07, 6.45) is 11.7. The van der Waals surface area contributed by atoms with E-state index in [-0.39, 0.29) is 6.04 Å². The zero-order chi connectivity index (χ0) is 18.1. The molecule has 0 fully saturated rings. The van der Waals surface area contributed by atoms with E-state index in [1.807, 2.05) is 36.4 Å². The van der Waals surface area contributed by atoms with Crippen LogP contribution in [0, 0.1) is 0 Å². The van der Waals surface area contributed by atoms with E-state index >= 15 is 0 Å². The molecule has 130 valence electrons. The zero-order valence-electron chi connectivity index (χ0n) is 14.7. The molecule has 2 heterocycles. The van der Waals surface area contributed by atoms with Gasteiger partial charge in [-0.15, -0.1) is 0 Å². The number of nitrogens with two attached hydrogens (primary N) is 1. The summed E-state index contributed by atoms with van der Waals surface area (Å²) < 4.78 is 0. The number of fused-ring (bicyclic) bond motifs is 1. The molecule has 1 aliphatic heterocycles. The van der Waals surface area contributed by atoms with Crippen molar-refractivity contribution in [2.75, 3.05) is 11.1 Å². The molecule has 0 radical (unpaired) electrons. The van der Waals surface area contributed by atoms with Gasteiger partial charge in [0.2, 0.25) is 0 Å². The number of anilines is 2. The predicted octanol–water partition coefficient (Wildman–Crippen LogP) is 4.55. The molecule has 0 spiro atoms. The first-order valence-electron chi connectivity index (χ1n) is 8.75. The van der Waals surface area contributed by atoms with E-state index < -0.39 is 0 Å². The quantitative estimate of drug-likeness (QED) is 0.801. The number of allylic oxidation sites excluding steroid dienone is 2. The Morgan fingerprint density at radius 1 is 1.23 bits per heavy atom. The smallest absolute Gasteiger partial charge is 0.0592 e. The lowest BCUT2D eigenvalue weighted by atomic mass is 10.0. The van der Waals surface area contributed by atoms with Crippen LogP contribution in [-0.4, -0.2) is 9.88 Å². The van der Waals surface area contributed by atoms with Crippen molar-refractivity contribution >= 4 is 11.4 Å². The van der Waals surface area contributed by atoms with Gasteiger partial charge in [0.25, 0.3) is 0 Å². The first-order valence-corrected chi connectivity index (χ1v) is 8.75. The minimum absolute atomic E-state index is 0.259. The maximum Gasteiger partial charge on any atom is 0.0592 e. The molecule has 4 rings (SSSR count). The van der Waals surface area contributed by atoms with Crippen LogP contribution in [0.15, 0.2) is 91.2 Å². The number of nitrogens with one attached hydrogen (secondary N) is 1. The van der Waals surface area contributed by atoms with E-state index in [0.717, 1.165) is 41.2 Å². The molecule has 4 nitrogen and oxygen atoms in total. The van der Waals surface area contributed by atoms with Gasteiger partial charge in [-0.2, -0.15) is 0 Å². The number of aromatic nitrogens is 1. The van der Waals surface area contributed by atoms with Crippen LogP contribution in [0.5, 0.6) is 0 Å². The van der Waals surface area contributed by atoms with Gasteiger partial charge >= 0.3 is 0 Å². The molecule has 2 aliphatic rings. The van der Waals surface area contributed by atoms with Gasteiger partial charge in [0.1, 0.15) is 0 Å². The van der Waals surface area contributed by atoms with E-state index in [4.69, 9.17) is 5.73 Å². The summed E-state index contributed by atoms with van der Waals surface area (Å²) in [5.41, 5.74) is 13.3. The third-order valence-electron chi connectivity index (χ3n) is 5.04. The lowest BCUT2D eigenvalue weighted by Crippen LogP contribution is -2.25. The average Bonchev–Trinajstić information content (AvgIpc) is 3.08. The third kappa shape index (κ3) is 2.80. The number of hydrogen-bond acceptors (Lipinski definition) is 4. The Bertz CT molecular complexity index is 924. The second-order valence-corrected chi connectivity index (χ2v) is 6.58. The summed E-state index contributed by atoms with van der Waals surface area (Å²) in [6, 6.07) is 10.3. The molecule has 1 atom stereocenters. The number of hydrogen-bond donors (Lipinski definition) is 2. The highest BCUT2D eigenvalue weighted by Gasteiger charge is 2.30. The summed E-state index contributed by atoms with van der Waals surface area (Å²) in [5.74, 6) is 0. The van der Waals surface area contributed by atoms with E-state index in [2.05, 4.69) is 40.6 Å². The first kappa shape index (κ1) is 16.2. The van der Waals surface area contributed by atoms with Gasteiger partial charge in [0, 0.05) is 46.9 Å². The maximum absolute atomic E-state index is 6.16. The van der Waals surface area contributed by atoms with Crippen molar-refractivity contribution in [1.29, 1.82) is 0 Å². The Kier molecular flexibility index (Phi) is 4.09. The topological polar surface area (TPSA) is 54.2 Å². The first-order chi connectivity index (χ1) is 12.6. The molecule has 0 saturated carbocycles. The Morgan fingerprint density at radius 2 is 2.04 bits per heavy atom. The van der Waals surface area contributed by atoms with Crippen molar-refractivity contribution in [1.82, 2.24) is 9.88 Å². The Morgan fingerprint density at radius 3 is 2.85 bits per heavy atom. The Labute approximate surface area is 154 Å². The lowest BCUT2D eigenvalue weighted by Gasteiger charge is -2.34. The van der Waals surface area contributed by atoms with Crippen molar-refractivity contribution in [3.05, 3.63) is 102 Å². The summed E-state index contributed by atoms with van der Waals surface area (Å²) in [4.78, 5) is 6.28. The van der Waals surface area contributed by atoms with Crippen molar-refractivity contribution in [3.8, 4) is 0 Å². The molecule has 26 heavy (non-hydrogen) atoms. The number of rotatable bonds is 4. The van der Waals surface area contributed by atoms with Crippen LogP contribution < -0.4 is 11.1 Å². The molecular weight excluding hydrogens is 320 g/mol. The minimum atomic E-state index is 0.259. The summed E-state index contributed by atoms with van der Waals surface area (Å²) >= 11 is 0. The Hall–Kier alpha value is -3.27. The molecule has 1 aromatic carbocycles. The van der Waals surface area contributed by atoms with Crippen LogP contribution in [0.3, 0.4) is 0 Å². The third-order valence-corrected chi connectivity index (χ3v) is 5.04. The second kappa shape index (κ2) is 6.56. The summed E-state index contributed by atoms with van der Waals surface area (Å²) in [6.45, 7) is 8.54. The summed E-state index contributed by atoms with van der Waals surface area (Å²) in [5, 5.41) is 3.34. The molecule has 0 saturated heterocycles. The standard InChI is InChI=1S/C22H22N4/c1-15(25-17-10-12-24-13-11-17)18-6-4-14-26(16(18)2)22-9-8-19-20(22)5-3-7-21(19)23/h3-7,10-14,22H,1-2,8-9,23H2,(H,24,25). The number of pyridine rings is 1. The fourth-order valence-electron chi connectivity index (χ4n) is 3.75. The van der Waals surface area contributed by atoms with E-state index in [9.17, 15) is 0 Å². The van der Waals surface area contributed by atoms with Crippen LogP contribution in [-0.2, 0) is 6.42 Å². The highest BCUT2D eigenvalue weighted by Crippen LogP contribution is 2.42. The van der Waals surface area contributed by atoms with Gasteiger partial charge in [-0.1, -0.05) is 25.3 Å². The maximum atomic E-state index is 6.16. The lowest BCUT2D eigenvalue weighted by molar-refractivity contribution is 0.349. The fourth-order valence-corrected chi connectivity index (χ4v) is 3.75. The zero-order valence-corrected chi connectivity index (χ0v) is 14.7. The fraction of sp³-hybridized carbons (Fsp3) is 0.136. The molecule has 0 amide bonds. The van der Waals surface area contributed by atoms with Crippen LogP contribution in [0.25, 0.3) is 0 Å². The van der Waals surface area contributed by atoms with Gasteiger partial charge < -0.3 is 16.0 Å². The van der Waals surface area contributed by atoms with Crippen LogP contribution >= 0.6 is 0 Å². The van der Waals surface area contributed by atoms with Crippen LogP contribution in [0.4, 0.5) is 11.4 Å². The number of benzene rings is 1. The highest BCUT2D eigenvalue weighted by molar-refractivity contribution is 5.59. The van der Waals surface area contributed by atoms with E-state index in [1.54, 1.807) is 12.4 Å². The van der Waals surface area contributed by atoms with Gasteiger partial charge in [-0.05, 0) is 54.3 Å².